The number of phenolic OH excluding ortho intramolecular Hbond substituents is 1. The van der Waals surface area contributed by atoms with Crippen molar-refractivity contribution >= 4 is 17.5 Å². The Morgan fingerprint density at radius 1 is 1.12 bits per heavy atom. The van der Waals surface area contributed by atoms with Gasteiger partial charge in [-0.05, 0) is 73.4 Å². The van der Waals surface area contributed by atoms with E-state index in [9.17, 15) is 9.90 Å². The quantitative estimate of drug-likeness (QED) is 0.446. The highest BCUT2D eigenvalue weighted by atomic mass is 16.5. The Morgan fingerprint density at radius 3 is 2.32 bits per heavy atom. The van der Waals surface area contributed by atoms with Crippen molar-refractivity contribution in [3.63, 3.8) is 0 Å². The third-order valence-corrected chi connectivity index (χ3v) is 4.09. The van der Waals surface area contributed by atoms with Gasteiger partial charge in [0.05, 0.1) is 12.2 Å². The van der Waals surface area contributed by atoms with Gasteiger partial charge in [-0.1, -0.05) is 13.8 Å². The maximum absolute atomic E-state index is 12.4. The molecule has 2 rings (SSSR count). The largest absolute Gasteiger partial charge is 0.507 e. The Morgan fingerprint density at radius 2 is 1.76 bits per heavy atom. The Labute approximate surface area is 148 Å². The number of ether oxygens (including phenoxy) is 1. The fourth-order valence-electron chi connectivity index (χ4n) is 2.70. The number of carbonyl (C=O) groups excluding carboxylic acids is 1. The molecule has 0 atom stereocenters. The molecule has 0 radical (unpaired) electrons. The summed E-state index contributed by atoms with van der Waals surface area (Å²) >= 11 is 0. The fourth-order valence-corrected chi connectivity index (χ4v) is 2.70. The molecule has 0 fully saturated rings. The fraction of sp³-hybridized carbons (Fsp3) is 0.286. The molecule has 0 saturated heterocycles. The summed E-state index contributed by atoms with van der Waals surface area (Å²) in [5, 5.41) is 10.6. The molecule has 4 heteroatoms. The molecule has 4 nitrogen and oxygen atoms in total. The van der Waals surface area contributed by atoms with Crippen LogP contribution in [0.3, 0.4) is 0 Å². The zero-order valence-electron chi connectivity index (χ0n) is 15.0. The van der Waals surface area contributed by atoms with Crippen LogP contribution in [0, 0.1) is 0 Å². The van der Waals surface area contributed by atoms with Gasteiger partial charge >= 0.3 is 0 Å². The van der Waals surface area contributed by atoms with Crippen molar-refractivity contribution in [3.8, 4) is 11.5 Å². The molecule has 0 amide bonds. The molecule has 0 spiro atoms. The second-order valence-electron chi connectivity index (χ2n) is 5.75. The molecule has 0 unspecified atom stereocenters. The van der Waals surface area contributed by atoms with Crippen molar-refractivity contribution in [1.29, 1.82) is 0 Å². The number of hydrogen-bond donors (Lipinski definition) is 2. The van der Waals surface area contributed by atoms with E-state index in [2.05, 4.69) is 0 Å². The van der Waals surface area contributed by atoms with Crippen LogP contribution in [-0.2, 0) is 12.8 Å². The lowest BCUT2D eigenvalue weighted by molar-refractivity contribution is 0.104. The molecule has 2 aromatic rings. The van der Waals surface area contributed by atoms with E-state index >= 15 is 0 Å². The highest BCUT2D eigenvalue weighted by molar-refractivity contribution is 6.07. The van der Waals surface area contributed by atoms with Gasteiger partial charge in [-0.3, -0.25) is 4.79 Å². The summed E-state index contributed by atoms with van der Waals surface area (Å²) in [6.07, 6.45) is 4.59. The summed E-state index contributed by atoms with van der Waals surface area (Å²) in [6, 6.07) is 8.73. The molecule has 132 valence electrons. The number of aryl methyl sites for hydroxylation is 2. The highest BCUT2D eigenvalue weighted by Crippen LogP contribution is 2.37. The van der Waals surface area contributed by atoms with E-state index in [1.165, 1.54) is 6.08 Å². The first-order valence-corrected chi connectivity index (χ1v) is 8.60. The summed E-state index contributed by atoms with van der Waals surface area (Å²) in [4.78, 5) is 12.4. The molecular weight excluding hydrogens is 314 g/mol. The summed E-state index contributed by atoms with van der Waals surface area (Å²) < 4.78 is 5.75. The first-order chi connectivity index (χ1) is 12.0. The second-order valence-corrected chi connectivity index (χ2v) is 5.75. The molecule has 0 aromatic heterocycles. The number of nitrogens with two attached hydrogens (primary N) is 1. The van der Waals surface area contributed by atoms with Crippen LogP contribution in [0.1, 0.15) is 47.8 Å². The van der Waals surface area contributed by atoms with Crippen molar-refractivity contribution in [2.75, 3.05) is 12.3 Å². The van der Waals surface area contributed by atoms with Crippen LogP contribution in [0.4, 0.5) is 5.69 Å². The maximum Gasteiger partial charge on any atom is 0.185 e. The Hall–Kier alpha value is -2.75. The smallest absolute Gasteiger partial charge is 0.185 e. The summed E-state index contributed by atoms with van der Waals surface area (Å²) in [7, 11) is 0. The minimum Gasteiger partial charge on any atom is -0.507 e. The molecule has 0 aliphatic heterocycles. The summed E-state index contributed by atoms with van der Waals surface area (Å²) in [5.41, 5.74) is 9.24. The number of allylic oxidation sites excluding steroid dienone is 1. The third-order valence-electron chi connectivity index (χ3n) is 4.09. The van der Waals surface area contributed by atoms with Crippen LogP contribution in [0.15, 0.2) is 36.4 Å². The van der Waals surface area contributed by atoms with E-state index in [4.69, 9.17) is 10.5 Å². The molecule has 0 bridgehead atoms. The van der Waals surface area contributed by atoms with Crippen molar-refractivity contribution in [2.45, 2.75) is 33.6 Å². The van der Waals surface area contributed by atoms with Gasteiger partial charge in [0.15, 0.2) is 5.78 Å². The lowest BCUT2D eigenvalue weighted by Gasteiger charge is -2.16. The topological polar surface area (TPSA) is 72.5 Å². The molecule has 2 aromatic carbocycles. The van der Waals surface area contributed by atoms with Crippen molar-refractivity contribution in [2.24, 2.45) is 0 Å². The number of nitrogen functional groups attached to an aromatic ring is 1. The number of aromatic hydroxyl groups is 1. The van der Waals surface area contributed by atoms with Gasteiger partial charge in [0.2, 0.25) is 0 Å². The third kappa shape index (κ3) is 4.21. The molecule has 25 heavy (non-hydrogen) atoms. The van der Waals surface area contributed by atoms with E-state index in [-0.39, 0.29) is 11.5 Å². The van der Waals surface area contributed by atoms with Crippen LogP contribution in [0.2, 0.25) is 0 Å². The number of ketones is 1. The van der Waals surface area contributed by atoms with E-state index in [1.54, 1.807) is 30.3 Å². The van der Waals surface area contributed by atoms with Crippen LogP contribution >= 0.6 is 0 Å². The Balaban J connectivity index is 2.45. The second kappa shape index (κ2) is 8.38. The number of anilines is 1. The monoisotopic (exact) mass is 339 g/mol. The summed E-state index contributed by atoms with van der Waals surface area (Å²) in [5.74, 6) is 0.660. The number of hydrogen-bond acceptors (Lipinski definition) is 4. The number of phenols is 1. The van der Waals surface area contributed by atoms with Crippen LogP contribution < -0.4 is 10.5 Å². The molecule has 0 saturated carbocycles. The van der Waals surface area contributed by atoms with Crippen molar-refractivity contribution in [1.82, 2.24) is 0 Å². The van der Waals surface area contributed by atoms with Crippen molar-refractivity contribution < 1.29 is 14.6 Å². The van der Waals surface area contributed by atoms with E-state index in [0.717, 1.165) is 17.5 Å². The molecule has 0 aliphatic carbocycles. The number of benzene rings is 2. The van der Waals surface area contributed by atoms with Crippen LogP contribution in [0.5, 0.6) is 11.5 Å². The van der Waals surface area contributed by atoms with Gasteiger partial charge in [0, 0.05) is 11.3 Å². The van der Waals surface area contributed by atoms with E-state index in [1.807, 2.05) is 26.8 Å². The average Bonchev–Trinajstić information content (AvgIpc) is 2.62. The molecule has 3 N–H and O–H groups in total. The number of rotatable bonds is 7. The average molecular weight is 339 g/mol. The maximum atomic E-state index is 12.4. The lowest BCUT2D eigenvalue weighted by atomic mass is 9.98. The Kier molecular flexibility index (Phi) is 6.23. The zero-order chi connectivity index (χ0) is 18.4. The first kappa shape index (κ1) is 18.6. The van der Waals surface area contributed by atoms with E-state index < -0.39 is 0 Å². The van der Waals surface area contributed by atoms with Gasteiger partial charge in [-0.2, -0.15) is 0 Å². The minimum absolute atomic E-state index is 0.151. The summed E-state index contributed by atoms with van der Waals surface area (Å²) in [6.45, 7) is 6.42. The van der Waals surface area contributed by atoms with Gasteiger partial charge < -0.3 is 15.6 Å². The van der Waals surface area contributed by atoms with Gasteiger partial charge in [0.1, 0.15) is 11.5 Å². The zero-order valence-corrected chi connectivity index (χ0v) is 15.0. The van der Waals surface area contributed by atoms with Crippen molar-refractivity contribution in [3.05, 3.63) is 58.7 Å². The minimum atomic E-state index is -0.151. The lowest BCUT2D eigenvalue weighted by Crippen LogP contribution is -2.02. The molecule has 0 aliphatic rings. The van der Waals surface area contributed by atoms with E-state index in [0.29, 0.717) is 35.6 Å². The highest BCUT2D eigenvalue weighted by Gasteiger charge is 2.16. The molecule has 0 heterocycles. The van der Waals surface area contributed by atoms with Gasteiger partial charge in [-0.15, -0.1) is 0 Å². The van der Waals surface area contributed by atoms with Gasteiger partial charge in [0.25, 0.3) is 0 Å². The predicted octanol–water partition coefficient (Wildman–Crippen LogP) is 4.39. The number of carbonyl (C=O) groups is 1. The first-order valence-electron chi connectivity index (χ1n) is 8.60. The SMILES string of the molecule is CCOc1c(CC)cc(CC)c(O)c1/C=C/C(=O)c1ccc(N)cc1. The predicted molar refractivity (Wildman–Crippen MR) is 102 cm³/mol. The van der Waals surface area contributed by atoms with Crippen LogP contribution in [0.25, 0.3) is 6.08 Å². The molecular formula is C21H25NO3. The Bertz CT molecular complexity index is 777. The van der Waals surface area contributed by atoms with Gasteiger partial charge in [-0.25, -0.2) is 0 Å². The van der Waals surface area contributed by atoms with Crippen LogP contribution in [-0.4, -0.2) is 17.5 Å². The standard InChI is InChI=1S/C21H25NO3/c1-4-14-13-15(5-2)21(25-6-3)18(20(14)24)11-12-19(23)16-7-9-17(22)10-8-16/h7-13,24H,4-6,22H2,1-3H3/b12-11+. The normalized spacial score (nSPS) is 11.0.